The predicted molar refractivity (Wildman–Crippen MR) is 73.5 cm³/mol. The van der Waals surface area contributed by atoms with Gasteiger partial charge in [0.25, 0.3) is 0 Å². The topological polar surface area (TPSA) is 47.6 Å². The fourth-order valence-corrected chi connectivity index (χ4v) is 1.63. The monoisotopic (exact) mass is 240 g/mol. The lowest BCUT2D eigenvalue weighted by molar-refractivity contribution is 0.152. The standard InChI is InChI=1S/C15H16N2O/c16-11-12-18-17-15(13-7-3-1-4-8-13)14-9-5-2-6-10-14/h1-10H,11-12,16H2. The lowest BCUT2D eigenvalue weighted by Crippen LogP contribution is -2.09. The summed E-state index contributed by atoms with van der Waals surface area (Å²) >= 11 is 0. The molecule has 0 spiro atoms. The summed E-state index contributed by atoms with van der Waals surface area (Å²) < 4.78 is 0. The molecule has 18 heavy (non-hydrogen) atoms. The van der Waals surface area contributed by atoms with Gasteiger partial charge in [-0.15, -0.1) is 0 Å². The molecule has 0 aliphatic heterocycles. The third kappa shape index (κ3) is 3.18. The van der Waals surface area contributed by atoms with E-state index in [0.29, 0.717) is 13.2 Å². The lowest BCUT2D eigenvalue weighted by atomic mass is 10.0. The molecule has 0 saturated heterocycles. The number of nitrogens with zero attached hydrogens (tertiary/aromatic N) is 1. The van der Waals surface area contributed by atoms with Crippen molar-refractivity contribution in [1.82, 2.24) is 0 Å². The minimum atomic E-state index is 0.420. The number of hydrogen-bond acceptors (Lipinski definition) is 3. The van der Waals surface area contributed by atoms with Crippen LogP contribution in [-0.4, -0.2) is 18.9 Å². The molecule has 0 aromatic heterocycles. The first-order chi connectivity index (χ1) is 8.92. The van der Waals surface area contributed by atoms with Crippen LogP contribution in [0.25, 0.3) is 0 Å². The van der Waals surface area contributed by atoms with Crippen molar-refractivity contribution in [3.05, 3.63) is 71.8 Å². The Morgan fingerprint density at radius 1 is 0.889 bits per heavy atom. The van der Waals surface area contributed by atoms with Crippen LogP contribution in [0.4, 0.5) is 0 Å². The molecule has 0 saturated carbocycles. The van der Waals surface area contributed by atoms with E-state index in [2.05, 4.69) is 5.16 Å². The van der Waals surface area contributed by atoms with Crippen LogP contribution in [0.15, 0.2) is 65.8 Å². The summed E-state index contributed by atoms with van der Waals surface area (Å²) in [7, 11) is 0. The largest absolute Gasteiger partial charge is 0.394 e. The molecule has 0 heterocycles. The van der Waals surface area contributed by atoms with Crippen molar-refractivity contribution in [2.45, 2.75) is 0 Å². The predicted octanol–water partition coefficient (Wildman–Crippen LogP) is 2.41. The normalized spacial score (nSPS) is 9.83. The molecule has 0 aliphatic carbocycles. The van der Waals surface area contributed by atoms with E-state index in [1.807, 2.05) is 60.7 Å². The molecule has 3 nitrogen and oxygen atoms in total. The van der Waals surface area contributed by atoms with Gasteiger partial charge in [0.2, 0.25) is 0 Å². The molecule has 0 amide bonds. The Morgan fingerprint density at radius 2 is 1.39 bits per heavy atom. The molecular formula is C15H16N2O. The third-order valence-corrected chi connectivity index (χ3v) is 2.46. The number of oxime groups is 1. The first-order valence-electron chi connectivity index (χ1n) is 5.92. The van der Waals surface area contributed by atoms with Gasteiger partial charge in [0, 0.05) is 17.7 Å². The molecule has 0 fully saturated rings. The summed E-state index contributed by atoms with van der Waals surface area (Å²) in [6, 6.07) is 19.9. The Morgan fingerprint density at radius 3 is 1.83 bits per heavy atom. The first kappa shape index (κ1) is 12.3. The molecule has 0 atom stereocenters. The van der Waals surface area contributed by atoms with Crippen molar-refractivity contribution >= 4 is 5.71 Å². The Labute approximate surface area is 107 Å². The molecule has 0 bridgehead atoms. The van der Waals surface area contributed by atoms with Crippen LogP contribution in [0.5, 0.6) is 0 Å². The van der Waals surface area contributed by atoms with E-state index in [1.165, 1.54) is 0 Å². The number of benzene rings is 2. The van der Waals surface area contributed by atoms with Crippen molar-refractivity contribution in [2.24, 2.45) is 10.9 Å². The fourth-order valence-electron chi connectivity index (χ4n) is 1.63. The van der Waals surface area contributed by atoms with Crippen molar-refractivity contribution < 1.29 is 4.84 Å². The maximum Gasteiger partial charge on any atom is 0.129 e. The highest BCUT2D eigenvalue weighted by atomic mass is 16.6. The van der Waals surface area contributed by atoms with Gasteiger partial charge < -0.3 is 10.6 Å². The first-order valence-corrected chi connectivity index (χ1v) is 5.92. The van der Waals surface area contributed by atoms with Gasteiger partial charge in [-0.25, -0.2) is 0 Å². The van der Waals surface area contributed by atoms with Gasteiger partial charge in [0.1, 0.15) is 12.3 Å². The summed E-state index contributed by atoms with van der Waals surface area (Å²) in [4.78, 5) is 5.22. The molecule has 0 aliphatic rings. The van der Waals surface area contributed by atoms with Gasteiger partial charge >= 0.3 is 0 Å². The Bertz CT molecular complexity index is 453. The zero-order chi connectivity index (χ0) is 12.6. The van der Waals surface area contributed by atoms with Crippen LogP contribution in [0.1, 0.15) is 11.1 Å². The molecule has 2 aromatic carbocycles. The fraction of sp³-hybridized carbons (Fsp3) is 0.133. The molecule has 2 aromatic rings. The lowest BCUT2D eigenvalue weighted by Gasteiger charge is -2.06. The van der Waals surface area contributed by atoms with E-state index in [9.17, 15) is 0 Å². The minimum Gasteiger partial charge on any atom is -0.394 e. The van der Waals surface area contributed by atoms with Gasteiger partial charge in [0.15, 0.2) is 0 Å². The van der Waals surface area contributed by atoms with E-state index in [4.69, 9.17) is 10.6 Å². The zero-order valence-electron chi connectivity index (χ0n) is 10.1. The summed E-state index contributed by atoms with van der Waals surface area (Å²) in [6.07, 6.45) is 0. The second-order valence-electron chi connectivity index (χ2n) is 3.79. The van der Waals surface area contributed by atoms with Gasteiger partial charge in [-0.2, -0.15) is 0 Å². The zero-order valence-corrected chi connectivity index (χ0v) is 10.1. The summed E-state index contributed by atoms with van der Waals surface area (Å²) in [6.45, 7) is 0.878. The SMILES string of the molecule is NCCON=C(c1ccccc1)c1ccccc1. The van der Waals surface area contributed by atoms with E-state index < -0.39 is 0 Å². The van der Waals surface area contributed by atoms with Gasteiger partial charge in [0.05, 0.1) is 0 Å². The quantitative estimate of drug-likeness (QED) is 0.495. The summed E-state index contributed by atoms with van der Waals surface area (Å²) in [5.74, 6) is 0. The summed E-state index contributed by atoms with van der Waals surface area (Å²) in [5.41, 5.74) is 8.28. The average molecular weight is 240 g/mol. The number of nitrogens with two attached hydrogens (primary N) is 1. The second-order valence-corrected chi connectivity index (χ2v) is 3.79. The van der Waals surface area contributed by atoms with Gasteiger partial charge in [-0.3, -0.25) is 0 Å². The van der Waals surface area contributed by atoms with Crippen molar-refractivity contribution in [1.29, 1.82) is 0 Å². The minimum absolute atomic E-state index is 0.420. The molecule has 3 heteroatoms. The number of rotatable bonds is 5. The molecule has 0 radical (unpaired) electrons. The third-order valence-electron chi connectivity index (χ3n) is 2.46. The van der Waals surface area contributed by atoms with E-state index >= 15 is 0 Å². The van der Waals surface area contributed by atoms with Crippen LogP contribution < -0.4 is 5.73 Å². The van der Waals surface area contributed by atoms with Crippen LogP contribution in [-0.2, 0) is 4.84 Å². The highest BCUT2D eigenvalue weighted by molar-refractivity contribution is 6.12. The van der Waals surface area contributed by atoms with E-state index in [1.54, 1.807) is 0 Å². The average Bonchev–Trinajstić information content (AvgIpc) is 2.46. The van der Waals surface area contributed by atoms with E-state index in [-0.39, 0.29) is 0 Å². The van der Waals surface area contributed by atoms with Gasteiger partial charge in [-0.05, 0) is 0 Å². The smallest absolute Gasteiger partial charge is 0.129 e. The Balaban J connectivity index is 2.33. The van der Waals surface area contributed by atoms with Crippen LogP contribution in [0.3, 0.4) is 0 Å². The highest BCUT2D eigenvalue weighted by Crippen LogP contribution is 2.10. The Kier molecular flexibility index (Phi) is 4.50. The molecule has 0 unspecified atom stereocenters. The van der Waals surface area contributed by atoms with Crippen LogP contribution in [0.2, 0.25) is 0 Å². The van der Waals surface area contributed by atoms with Gasteiger partial charge in [-0.1, -0.05) is 65.8 Å². The molecule has 2 N–H and O–H groups in total. The van der Waals surface area contributed by atoms with Crippen molar-refractivity contribution in [3.8, 4) is 0 Å². The second kappa shape index (κ2) is 6.57. The maximum atomic E-state index is 5.40. The van der Waals surface area contributed by atoms with Crippen LogP contribution >= 0.6 is 0 Å². The van der Waals surface area contributed by atoms with E-state index in [0.717, 1.165) is 16.8 Å². The van der Waals surface area contributed by atoms with Crippen molar-refractivity contribution in [2.75, 3.05) is 13.2 Å². The Hall–Kier alpha value is -2.13. The molecule has 2 rings (SSSR count). The van der Waals surface area contributed by atoms with Crippen molar-refractivity contribution in [3.63, 3.8) is 0 Å². The summed E-state index contributed by atoms with van der Waals surface area (Å²) in [5, 5.41) is 4.19. The number of hydrogen-bond donors (Lipinski definition) is 1. The van der Waals surface area contributed by atoms with Crippen LogP contribution in [0, 0.1) is 0 Å². The molecular weight excluding hydrogens is 224 g/mol. The maximum absolute atomic E-state index is 5.40. The highest BCUT2D eigenvalue weighted by Gasteiger charge is 2.06. The molecule has 92 valence electrons.